The average Bonchev–Trinajstić information content (AvgIpc) is 3.40. The number of aliphatic carboxylic acids is 1. The lowest BCUT2D eigenvalue weighted by Crippen LogP contribution is -2.42. The molecule has 6 heteroatoms. The van der Waals surface area contributed by atoms with Crippen LogP contribution in [-0.4, -0.2) is 41.6 Å². The third kappa shape index (κ3) is 4.12. The summed E-state index contributed by atoms with van der Waals surface area (Å²) in [6.45, 7) is 1.53. The molecule has 1 N–H and O–H groups in total. The monoisotopic (exact) mass is 335 g/mol. The van der Waals surface area contributed by atoms with Crippen LogP contribution in [0.4, 0.5) is 4.39 Å². The van der Waals surface area contributed by atoms with Crippen LogP contribution in [0.5, 0.6) is 0 Å². The first kappa shape index (κ1) is 16.9. The van der Waals surface area contributed by atoms with Crippen molar-refractivity contribution in [3.63, 3.8) is 0 Å². The number of amides is 1. The van der Waals surface area contributed by atoms with Gasteiger partial charge in [0, 0.05) is 30.8 Å². The molecule has 130 valence electrons. The Kier molecular flexibility index (Phi) is 5.14. The van der Waals surface area contributed by atoms with E-state index in [2.05, 4.69) is 0 Å². The van der Waals surface area contributed by atoms with Crippen molar-refractivity contribution in [1.82, 2.24) is 4.90 Å². The van der Waals surface area contributed by atoms with Crippen LogP contribution >= 0.6 is 0 Å². The van der Waals surface area contributed by atoms with Gasteiger partial charge in [0.05, 0.1) is 12.5 Å². The second-order valence-electron chi connectivity index (χ2n) is 6.69. The smallest absolute Gasteiger partial charge is 0.308 e. The molecule has 1 aromatic rings. The predicted molar refractivity (Wildman–Crippen MR) is 85.0 cm³/mol. The lowest BCUT2D eigenvalue weighted by molar-refractivity contribution is -0.143. The highest BCUT2D eigenvalue weighted by molar-refractivity contribution is 5.94. The molecule has 0 bridgehead atoms. The molecular formula is C18H22FNO4. The molecule has 0 unspecified atom stereocenters. The third-order valence-corrected chi connectivity index (χ3v) is 4.66. The summed E-state index contributed by atoms with van der Waals surface area (Å²) in [5.74, 6) is -1.43. The van der Waals surface area contributed by atoms with E-state index in [-0.39, 0.29) is 24.9 Å². The van der Waals surface area contributed by atoms with E-state index >= 15 is 0 Å². The second-order valence-corrected chi connectivity index (χ2v) is 6.69. The van der Waals surface area contributed by atoms with Crippen molar-refractivity contribution in [2.75, 3.05) is 19.7 Å². The molecule has 2 aliphatic rings. The molecule has 0 aromatic heterocycles. The minimum absolute atomic E-state index is 0.154. The van der Waals surface area contributed by atoms with E-state index in [0.717, 1.165) is 0 Å². The quantitative estimate of drug-likeness (QED) is 0.868. The maximum absolute atomic E-state index is 13.9. The van der Waals surface area contributed by atoms with Crippen molar-refractivity contribution >= 4 is 11.9 Å². The Hall–Kier alpha value is -1.95. The maximum atomic E-state index is 13.9. The molecule has 1 heterocycles. The maximum Gasteiger partial charge on any atom is 0.308 e. The molecule has 5 nitrogen and oxygen atoms in total. The molecule has 1 amide bonds. The van der Waals surface area contributed by atoms with E-state index in [1.54, 1.807) is 4.90 Å². The largest absolute Gasteiger partial charge is 0.481 e. The number of halogens is 1. The van der Waals surface area contributed by atoms with Crippen LogP contribution in [0.3, 0.4) is 0 Å². The van der Waals surface area contributed by atoms with Crippen molar-refractivity contribution in [2.24, 2.45) is 11.8 Å². The van der Waals surface area contributed by atoms with Crippen LogP contribution in [0.25, 0.3) is 0 Å². The lowest BCUT2D eigenvalue weighted by atomic mass is 9.97. The molecule has 24 heavy (non-hydrogen) atoms. The van der Waals surface area contributed by atoms with Gasteiger partial charge < -0.3 is 14.7 Å². The fourth-order valence-corrected chi connectivity index (χ4v) is 2.98. The second kappa shape index (κ2) is 7.30. The number of carboxylic acids is 1. The number of ether oxygens (including phenoxy) is 1. The summed E-state index contributed by atoms with van der Waals surface area (Å²) < 4.78 is 19.4. The number of benzene rings is 1. The summed E-state index contributed by atoms with van der Waals surface area (Å²) in [6, 6.07) is 4.25. The van der Waals surface area contributed by atoms with Gasteiger partial charge in [0.25, 0.3) is 5.91 Å². The van der Waals surface area contributed by atoms with Gasteiger partial charge in [-0.3, -0.25) is 9.59 Å². The highest BCUT2D eigenvalue weighted by atomic mass is 19.1. The molecule has 1 aliphatic carbocycles. The Bertz CT molecular complexity index is 629. The first-order chi connectivity index (χ1) is 11.5. The molecule has 1 saturated carbocycles. The van der Waals surface area contributed by atoms with E-state index in [9.17, 15) is 14.0 Å². The highest BCUT2D eigenvalue weighted by Crippen LogP contribution is 2.29. The van der Waals surface area contributed by atoms with Gasteiger partial charge in [0.15, 0.2) is 0 Å². The minimum Gasteiger partial charge on any atom is -0.481 e. The first-order valence-electron chi connectivity index (χ1n) is 8.43. The van der Waals surface area contributed by atoms with Gasteiger partial charge in [-0.1, -0.05) is 0 Å². The molecule has 0 radical (unpaired) electrons. The third-order valence-electron chi connectivity index (χ3n) is 4.66. The van der Waals surface area contributed by atoms with E-state index in [4.69, 9.17) is 9.84 Å². The number of hydrogen-bond donors (Lipinski definition) is 1. The number of carbonyl (C=O) groups is 2. The van der Waals surface area contributed by atoms with Crippen LogP contribution in [0.1, 0.15) is 41.6 Å². The Labute approximate surface area is 140 Å². The zero-order chi connectivity index (χ0) is 17.1. The van der Waals surface area contributed by atoms with E-state index in [0.29, 0.717) is 43.0 Å². The Balaban J connectivity index is 1.66. The number of carbonyl (C=O) groups excluding carboxylic acids is 1. The fraction of sp³-hybridized carbons (Fsp3) is 0.556. The normalized spacial score (nSPS) is 20.9. The Morgan fingerprint density at radius 3 is 2.79 bits per heavy atom. The van der Waals surface area contributed by atoms with E-state index in [1.165, 1.54) is 31.0 Å². The molecule has 1 saturated heterocycles. The molecule has 1 aromatic carbocycles. The van der Waals surface area contributed by atoms with E-state index in [1.807, 2.05) is 0 Å². The summed E-state index contributed by atoms with van der Waals surface area (Å²) in [6.07, 6.45) is 3.59. The Morgan fingerprint density at radius 1 is 1.29 bits per heavy atom. The van der Waals surface area contributed by atoms with Gasteiger partial charge in [0.2, 0.25) is 0 Å². The van der Waals surface area contributed by atoms with Gasteiger partial charge >= 0.3 is 5.97 Å². The number of rotatable bonds is 6. The number of carboxylic acid groups (broad SMARTS) is 1. The van der Waals surface area contributed by atoms with Crippen molar-refractivity contribution in [3.8, 4) is 0 Å². The molecule has 1 atom stereocenters. The lowest BCUT2D eigenvalue weighted by Gasteiger charge is -2.30. The van der Waals surface area contributed by atoms with Crippen LogP contribution in [0, 0.1) is 17.7 Å². The topological polar surface area (TPSA) is 66.8 Å². The predicted octanol–water partition coefficient (Wildman–Crippen LogP) is 2.69. The van der Waals surface area contributed by atoms with Crippen molar-refractivity contribution in [3.05, 3.63) is 35.1 Å². The zero-order valence-corrected chi connectivity index (χ0v) is 13.5. The SMILES string of the molecule is O=C(O)[C@H]1CCCN(C(=O)c2ccc(F)c(COCC3CC3)c2)C1. The number of hydrogen-bond acceptors (Lipinski definition) is 3. The van der Waals surface area contributed by atoms with E-state index < -0.39 is 11.9 Å². The van der Waals surface area contributed by atoms with Gasteiger partial charge in [-0.2, -0.15) is 0 Å². The van der Waals surface area contributed by atoms with Crippen LogP contribution in [-0.2, 0) is 16.1 Å². The first-order valence-corrected chi connectivity index (χ1v) is 8.43. The zero-order valence-electron chi connectivity index (χ0n) is 13.5. The van der Waals surface area contributed by atoms with Crippen molar-refractivity contribution in [1.29, 1.82) is 0 Å². The molecular weight excluding hydrogens is 313 g/mol. The van der Waals surface area contributed by atoms with Crippen LogP contribution < -0.4 is 0 Å². The number of piperidine rings is 1. The van der Waals surface area contributed by atoms with Crippen LogP contribution in [0.15, 0.2) is 18.2 Å². The fourth-order valence-electron chi connectivity index (χ4n) is 2.98. The average molecular weight is 335 g/mol. The van der Waals surface area contributed by atoms with Crippen molar-refractivity contribution in [2.45, 2.75) is 32.3 Å². The summed E-state index contributed by atoms with van der Waals surface area (Å²) in [5, 5.41) is 9.13. The highest BCUT2D eigenvalue weighted by Gasteiger charge is 2.29. The Morgan fingerprint density at radius 2 is 2.08 bits per heavy atom. The molecule has 1 aliphatic heterocycles. The van der Waals surface area contributed by atoms with Gasteiger partial charge in [0.1, 0.15) is 5.82 Å². The van der Waals surface area contributed by atoms with Crippen molar-refractivity contribution < 1.29 is 23.8 Å². The van der Waals surface area contributed by atoms with Gasteiger partial charge in [-0.25, -0.2) is 4.39 Å². The minimum atomic E-state index is -0.874. The summed E-state index contributed by atoms with van der Waals surface area (Å²) >= 11 is 0. The standard InChI is InChI=1S/C18H22FNO4/c19-16-6-5-13(8-15(16)11-24-10-12-3-4-12)17(21)20-7-1-2-14(9-20)18(22)23/h5-6,8,12,14H,1-4,7,9-11H2,(H,22,23)/t14-/m0/s1. The molecule has 2 fully saturated rings. The van der Waals surface area contributed by atoms with Gasteiger partial charge in [-0.05, 0) is 49.8 Å². The van der Waals surface area contributed by atoms with Gasteiger partial charge in [-0.15, -0.1) is 0 Å². The molecule has 0 spiro atoms. The summed E-state index contributed by atoms with van der Waals surface area (Å²) in [4.78, 5) is 25.3. The number of nitrogens with zero attached hydrogens (tertiary/aromatic N) is 1. The number of likely N-dealkylation sites (tertiary alicyclic amines) is 1. The summed E-state index contributed by atoms with van der Waals surface area (Å²) in [7, 11) is 0. The summed E-state index contributed by atoms with van der Waals surface area (Å²) in [5.41, 5.74) is 0.751. The van der Waals surface area contributed by atoms with Crippen LogP contribution in [0.2, 0.25) is 0 Å². The molecule has 3 rings (SSSR count).